The maximum absolute atomic E-state index is 12.8. The first-order valence-corrected chi connectivity index (χ1v) is 8.73. The molecule has 0 aromatic heterocycles. The largest absolute Gasteiger partial charge is 0.465 e. The summed E-state index contributed by atoms with van der Waals surface area (Å²) in [5.74, 6) is -0.879. The molecular weight excluding hydrogens is 393 g/mol. The van der Waals surface area contributed by atoms with E-state index >= 15 is 0 Å². The summed E-state index contributed by atoms with van der Waals surface area (Å²) >= 11 is 1.01. The van der Waals surface area contributed by atoms with Crippen molar-refractivity contribution in [2.45, 2.75) is 6.18 Å². The van der Waals surface area contributed by atoms with E-state index in [-0.39, 0.29) is 10.9 Å². The number of amides is 1. The van der Waals surface area contributed by atoms with Crippen LogP contribution in [0.2, 0.25) is 0 Å². The van der Waals surface area contributed by atoms with Crippen LogP contribution in [0.1, 0.15) is 21.5 Å². The number of thioether (sulfide) groups is 1. The maximum Gasteiger partial charge on any atom is 0.416 e. The number of esters is 1. The molecule has 2 aromatic rings. The van der Waals surface area contributed by atoms with Crippen molar-refractivity contribution in [3.8, 4) is 0 Å². The van der Waals surface area contributed by atoms with Crippen LogP contribution in [0.4, 0.5) is 18.9 Å². The van der Waals surface area contributed by atoms with Gasteiger partial charge in [0.1, 0.15) is 0 Å². The summed E-state index contributed by atoms with van der Waals surface area (Å²) < 4.78 is 43.0. The first kappa shape index (κ1) is 19.7. The Balaban J connectivity index is 1.79. The molecule has 0 unspecified atom stereocenters. The molecule has 1 N–H and O–H groups in total. The summed E-state index contributed by atoms with van der Waals surface area (Å²) in [7, 11) is 1.28. The highest BCUT2D eigenvalue weighted by atomic mass is 32.2. The molecular formula is C19H13F3N2O3S. The van der Waals surface area contributed by atoms with Gasteiger partial charge in [-0.25, -0.2) is 9.79 Å². The molecule has 0 aliphatic carbocycles. The fourth-order valence-corrected chi connectivity index (χ4v) is 3.18. The van der Waals surface area contributed by atoms with Crippen molar-refractivity contribution in [1.29, 1.82) is 0 Å². The van der Waals surface area contributed by atoms with E-state index in [0.29, 0.717) is 16.0 Å². The third-order valence-electron chi connectivity index (χ3n) is 3.68. The number of ether oxygens (including phenoxy) is 1. The smallest absolute Gasteiger partial charge is 0.416 e. The quantitative estimate of drug-likeness (QED) is 0.607. The van der Waals surface area contributed by atoms with E-state index in [9.17, 15) is 22.8 Å². The van der Waals surface area contributed by atoms with Crippen molar-refractivity contribution in [1.82, 2.24) is 5.32 Å². The Morgan fingerprint density at radius 1 is 1.18 bits per heavy atom. The molecule has 1 aliphatic heterocycles. The zero-order valence-corrected chi connectivity index (χ0v) is 15.2. The molecule has 0 atom stereocenters. The van der Waals surface area contributed by atoms with Crippen molar-refractivity contribution in [2.24, 2.45) is 4.99 Å². The summed E-state index contributed by atoms with van der Waals surface area (Å²) in [4.78, 5) is 27.9. The lowest BCUT2D eigenvalue weighted by molar-refractivity contribution is -0.137. The molecule has 1 fully saturated rings. The lowest BCUT2D eigenvalue weighted by atomic mass is 10.1. The van der Waals surface area contributed by atoms with Gasteiger partial charge < -0.3 is 10.1 Å². The van der Waals surface area contributed by atoms with E-state index in [1.54, 1.807) is 30.3 Å². The lowest BCUT2D eigenvalue weighted by Gasteiger charge is -2.06. The zero-order valence-electron chi connectivity index (χ0n) is 14.4. The van der Waals surface area contributed by atoms with Gasteiger partial charge in [-0.3, -0.25) is 4.79 Å². The predicted octanol–water partition coefficient (Wildman–Crippen LogP) is 4.38. The summed E-state index contributed by atoms with van der Waals surface area (Å²) in [6, 6.07) is 11.0. The van der Waals surface area contributed by atoms with Crippen molar-refractivity contribution in [2.75, 3.05) is 7.11 Å². The first-order chi connectivity index (χ1) is 13.3. The molecule has 1 heterocycles. The molecule has 0 radical (unpaired) electrons. The Morgan fingerprint density at radius 3 is 2.54 bits per heavy atom. The minimum absolute atomic E-state index is 0.0845. The van der Waals surface area contributed by atoms with E-state index in [2.05, 4.69) is 15.0 Å². The Labute approximate surface area is 162 Å². The molecule has 1 saturated heterocycles. The monoisotopic (exact) mass is 406 g/mol. The third-order valence-corrected chi connectivity index (χ3v) is 4.59. The zero-order chi connectivity index (χ0) is 20.3. The average Bonchev–Trinajstić information content (AvgIpc) is 3.00. The minimum Gasteiger partial charge on any atom is -0.465 e. The number of nitrogens with one attached hydrogen (secondary N) is 1. The van der Waals surface area contributed by atoms with Gasteiger partial charge >= 0.3 is 12.1 Å². The number of alkyl halides is 3. The molecule has 1 amide bonds. The molecule has 28 heavy (non-hydrogen) atoms. The standard InChI is InChI=1S/C19H13F3N2O3S/c1-27-17(26)12-7-5-11(6-8-12)9-15-16(25)24-18(28-15)23-14-4-2-3-13(10-14)19(20,21)22/h2-10H,1H3,(H,23,24,25). The summed E-state index contributed by atoms with van der Waals surface area (Å²) in [6.07, 6.45) is -2.88. The molecule has 9 heteroatoms. The van der Waals surface area contributed by atoms with Gasteiger partial charge in [0.25, 0.3) is 5.91 Å². The summed E-state index contributed by atoms with van der Waals surface area (Å²) in [6.45, 7) is 0. The van der Waals surface area contributed by atoms with Crippen molar-refractivity contribution < 1.29 is 27.5 Å². The summed E-state index contributed by atoms with van der Waals surface area (Å²) in [5.41, 5.74) is 0.317. The number of halogens is 3. The topological polar surface area (TPSA) is 67.8 Å². The second kappa shape index (κ2) is 7.89. The van der Waals surface area contributed by atoms with E-state index < -0.39 is 23.6 Å². The number of hydrogen-bond acceptors (Lipinski definition) is 5. The number of aliphatic imine (C=N–C) groups is 1. The molecule has 0 spiro atoms. The Morgan fingerprint density at radius 2 is 1.89 bits per heavy atom. The van der Waals surface area contributed by atoms with Crippen LogP contribution in [-0.4, -0.2) is 24.2 Å². The van der Waals surface area contributed by atoms with Crippen LogP contribution in [0.25, 0.3) is 6.08 Å². The molecule has 5 nitrogen and oxygen atoms in total. The highest BCUT2D eigenvalue weighted by Crippen LogP contribution is 2.33. The van der Waals surface area contributed by atoms with E-state index in [1.807, 2.05) is 0 Å². The Hall–Kier alpha value is -3.07. The normalized spacial score (nSPS) is 17.1. The van der Waals surface area contributed by atoms with Gasteiger partial charge in [-0.1, -0.05) is 18.2 Å². The van der Waals surface area contributed by atoms with Gasteiger partial charge in [0.05, 0.1) is 28.8 Å². The van der Waals surface area contributed by atoms with Gasteiger partial charge in [-0.2, -0.15) is 13.2 Å². The number of amidine groups is 1. The Bertz CT molecular complexity index is 983. The number of rotatable bonds is 3. The Kier molecular flexibility index (Phi) is 5.55. The van der Waals surface area contributed by atoms with Gasteiger partial charge in [0.15, 0.2) is 5.17 Å². The number of benzene rings is 2. The van der Waals surface area contributed by atoms with Crippen LogP contribution in [0.3, 0.4) is 0 Å². The molecule has 144 valence electrons. The van der Waals surface area contributed by atoms with E-state index in [4.69, 9.17) is 0 Å². The third kappa shape index (κ3) is 4.61. The number of carbonyl (C=O) groups is 2. The van der Waals surface area contributed by atoms with Gasteiger partial charge in [-0.05, 0) is 53.7 Å². The first-order valence-electron chi connectivity index (χ1n) is 7.91. The molecule has 2 aromatic carbocycles. The maximum atomic E-state index is 12.8. The van der Waals surface area contributed by atoms with Crippen LogP contribution >= 0.6 is 11.8 Å². The number of methoxy groups -OCH3 is 1. The van der Waals surface area contributed by atoms with Crippen molar-refractivity contribution >= 4 is 40.6 Å². The average molecular weight is 406 g/mol. The minimum atomic E-state index is -4.47. The van der Waals surface area contributed by atoms with Crippen LogP contribution in [0.5, 0.6) is 0 Å². The molecule has 1 aliphatic rings. The molecule has 3 rings (SSSR count). The summed E-state index contributed by atoms with van der Waals surface area (Å²) in [5, 5.41) is 2.70. The fraction of sp³-hybridized carbons (Fsp3) is 0.105. The van der Waals surface area contributed by atoms with Gasteiger partial charge in [-0.15, -0.1) is 0 Å². The lowest BCUT2D eigenvalue weighted by Crippen LogP contribution is -2.19. The second-order valence-electron chi connectivity index (χ2n) is 5.64. The van der Waals surface area contributed by atoms with Crippen molar-refractivity contribution in [3.05, 3.63) is 70.1 Å². The number of nitrogens with zero attached hydrogens (tertiary/aromatic N) is 1. The van der Waals surface area contributed by atoms with Gasteiger partial charge in [0, 0.05) is 0 Å². The van der Waals surface area contributed by atoms with Crippen LogP contribution < -0.4 is 5.32 Å². The highest BCUT2D eigenvalue weighted by molar-refractivity contribution is 8.18. The van der Waals surface area contributed by atoms with Crippen LogP contribution in [-0.2, 0) is 15.7 Å². The van der Waals surface area contributed by atoms with Gasteiger partial charge in [0.2, 0.25) is 0 Å². The van der Waals surface area contributed by atoms with Crippen LogP contribution in [0, 0.1) is 0 Å². The number of hydrogen-bond donors (Lipinski definition) is 1. The number of carbonyl (C=O) groups excluding carboxylic acids is 2. The highest BCUT2D eigenvalue weighted by Gasteiger charge is 2.30. The fourth-order valence-electron chi connectivity index (χ4n) is 2.33. The molecule has 0 saturated carbocycles. The predicted molar refractivity (Wildman–Crippen MR) is 100 cm³/mol. The van der Waals surface area contributed by atoms with E-state index in [0.717, 1.165) is 23.9 Å². The van der Waals surface area contributed by atoms with Crippen LogP contribution in [0.15, 0.2) is 58.4 Å². The second-order valence-corrected chi connectivity index (χ2v) is 6.67. The van der Waals surface area contributed by atoms with E-state index in [1.165, 1.54) is 19.2 Å². The SMILES string of the molecule is COC(=O)c1ccc(C=C2SC(=Nc3cccc(C(F)(F)F)c3)NC2=O)cc1. The molecule has 0 bridgehead atoms. The van der Waals surface area contributed by atoms with Crippen molar-refractivity contribution in [3.63, 3.8) is 0 Å².